The van der Waals surface area contributed by atoms with E-state index >= 15 is 0 Å². The average molecular weight is 372 g/mol. The maximum atomic E-state index is 13.1. The van der Waals surface area contributed by atoms with Crippen molar-refractivity contribution in [1.82, 2.24) is 0 Å². The molecule has 0 unspecified atom stereocenters. The first-order valence-corrected chi connectivity index (χ1v) is 6.68. The number of halogens is 9. The van der Waals surface area contributed by atoms with Crippen LogP contribution in [0.15, 0.2) is 36.4 Å². The number of benzene rings is 2. The molecule has 0 aliphatic carbocycles. The van der Waals surface area contributed by atoms with Gasteiger partial charge in [-0.1, -0.05) is 12.1 Å². The summed E-state index contributed by atoms with van der Waals surface area (Å²) < 4.78 is 118. The minimum Gasteiger partial charge on any atom is -0.166 e. The van der Waals surface area contributed by atoms with Crippen molar-refractivity contribution in [2.45, 2.75) is 25.5 Å². The molecule has 0 nitrogen and oxygen atoms in total. The van der Waals surface area contributed by atoms with Gasteiger partial charge in [-0.05, 0) is 42.3 Å². The zero-order valence-electron chi connectivity index (χ0n) is 12.4. The van der Waals surface area contributed by atoms with Crippen molar-refractivity contribution >= 4 is 0 Å². The number of hydrogen-bond acceptors (Lipinski definition) is 0. The second-order valence-corrected chi connectivity index (χ2v) is 5.31. The lowest BCUT2D eigenvalue weighted by molar-refractivity contribution is -0.142. The third kappa shape index (κ3) is 4.08. The predicted octanol–water partition coefficient (Wildman–Crippen LogP) is 6.72. The normalized spacial score (nSPS) is 13.2. The lowest BCUT2D eigenvalue weighted by Crippen LogP contribution is -2.14. The quantitative estimate of drug-likeness (QED) is 0.488. The van der Waals surface area contributed by atoms with Gasteiger partial charge in [-0.15, -0.1) is 0 Å². The molecule has 2 aromatic rings. The van der Waals surface area contributed by atoms with Crippen molar-refractivity contribution in [3.05, 3.63) is 58.7 Å². The third-order valence-corrected chi connectivity index (χ3v) is 3.37. The Hall–Kier alpha value is -2.19. The van der Waals surface area contributed by atoms with Gasteiger partial charge < -0.3 is 0 Å². The van der Waals surface area contributed by atoms with Gasteiger partial charge in [-0.3, -0.25) is 0 Å². The van der Waals surface area contributed by atoms with E-state index in [1.54, 1.807) is 0 Å². The lowest BCUT2D eigenvalue weighted by Gasteiger charge is -2.20. The van der Waals surface area contributed by atoms with Gasteiger partial charge in [0.05, 0.1) is 16.7 Å². The summed E-state index contributed by atoms with van der Waals surface area (Å²) in [6.45, 7) is 1.15. The van der Waals surface area contributed by atoms with E-state index in [1.807, 2.05) is 0 Å². The van der Waals surface area contributed by atoms with Crippen LogP contribution >= 0.6 is 0 Å². The molecule has 9 heteroatoms. The molecule has 0 N–H and O–H groups in total. The van der Waals surface area contributed by atoms with Crippen LogP contribution in [0, 0.1) is 6.92 Å². The highest BCUT2D eigenvalue weighted by Gasteiger charge is 2.41. The third-order valence-electron chi connectivity index (χ3n) is 3.37. The summed E-state index contributed by atoms with van der Waals surface area (Å²) in [6, 6.07) is 3.16. The first-order valence-electron chi connectivity index (χ1n) is 6.68. The van der Waals surface area contributed by atoms with E-state index in [1.165, 1.54) is 0 Å². The van der Waals surface area contributed by atoms with Crippen molar-refractivity contribution in [2.24, 2.45) is 0 Å². The van der Waals surface area contributed by atoms with Crippen LogP contribution in [0.3, 0.4) is 0 Å². The van der Waals surface area contributed by atoms with Gasteiger partial charge >= 0.3 is 18.5 Å². The van der Waals surface area contributed by atoms with Crippen LogP contribution in [0.4, 0.5) is 39.5 Å². The molecule has 2 aromatic carbocycles. The van der Waals surface area contributed by atoms with Crippen molar-refractivity contribution in [2.75, 3.05) is 0 Å². The van der Waals surface area contributed by atoms with E-state index in [0.29, 0.717) is 24.3 Å². The maximum Gasteiger partial charge on any atom is 0.417 e. The number of rotatable bonds is 1. The highest BCUT2D eigenvalue weighted by molar-refractivity contribution is 5.73. The maximum absolute atomic E-state index is 13.1. The fraction of sp³-hybridized carbons (Fsp3) is 0.250. The smallest absolute Gasteiger partial charge is 0.166 e. The summed E-state index contributed by atoms with van der Waals surface area (Å²) in [5, 5.41) is 0. The molecule has 0 heterocycles. The summed E-state index contributed by atoms with van der Waals surface area (Å²) >= 11 is 0. The molecule has 0 atom stereocenters. The van der Waals surface area contributed by atoms with E-state index in [4.69, 9.17) is 0 Å². The Bertz CT molecular complexity index is 747. The van der Waals surface area contributed by atoms with Gasteiger partial charge in [0.1, 0.15) is 0 Å². The summed E-state index contributed by atoms with van der Waals surface area (Å²) in [4.78, 5) is 0. The molecule has 2 rings (SSSR count). The topological polar surface area (TPSA) is 0 Å². The Morgan fingerprint density at radius 3 is 1.52 bits per heavy atom. The Labute approximate surface area is 135 Å². The predicted molar refractivity (Wildman–Crippen MR) is 71.6 cm³/mol. The average Bonchev–Trinajstić information content (AvgIpc) is 2.43. The van der Waals surface area contributed by atoms with E-state index in [0.717, 1.165) is 13.0 Å². The molecule has 0 aromatic heterocycles. The van der Waals surface area contributed by atoms with E-state index < -0.39 is 46.3 Å². The van der Waals surface area contributed by atoms with Crippen LogP contribution in [-0.2, 0) is 18.5 Å². The minimum atomic E-state index is -5.17. The zero-order valence-corrected chi connectivity index (χ0v) is 12.4. The number of aryl methyl sites for hydroxylation is 1. The van der Waals surface area contributed by atoms with Crippen LogP contribution in [0.25, 0.3) is 11.1 Å². The van der Waals surface area contributed by atoms with Gasteiger partial charge in [-0.25, -0.2) is 0 Å². The Kier molecular flexibility index (Phi) is 4.56. The van der Waals surface area contributed by atoms with Crippen LogP contribution in [0.2, 0.25) is 0 Å². The number of hydrogen-bond donors (Lipinski definition) is 0. The van der Waals surface area contributed by atoms with E-state index in [2.05, 4.69) is 0 Å². The largest absolute Gasteiger partial charge is 0.417 e. The first-order chi connectivity index (χ1) is 11.2. The van der Waals surface area contributed by atoms with Crippen molar-refractivity contribution in [3.8, 4) is 11.1 Å². The van der Waals surface area contributed by atoms with Crippen molar-refractivity contribution in [1.29, 1.82) is 0 Å². The SMILES string of the molecule is Cc1cc(-c2c(C(F)(F)F)cccc2C(F)(F)F)cc(C(F)(F)F)c1. The minimum absolute atomic E-state index is 0.116. The summed E-state index contributed by atoms with van der Waals surface area (Å²) in [7, 11) is 0. The molecular formula is C16H9F9. The Morgan fingerprint density at radius 2 is 1.12 bits per heavy atom. The molecule has 136 valence electrons. The molecule has 0 radical (unpaired) electrons. The summed E-state index contributed by atoms with van der Waals surface area (Å²) in [5.74, 6) is 0. The van der Waals surface area contributed by atoms with E-state index in [-0.39, 0.29) is 11.6 Å². The monoisotopic (exact) mass is 372 g/mol. The molecule has 25 heavy (non-hydrogen) atoms. The second kappa shape index (κ2) is 5.96. The molecule has 0 amide bonds. The Morgan fingerprint density at radius 1 is 0.640 bits per heavy atom. The second-order valence-electron chi connectivity index (χ2n) is 5.31. The van der Waals surface area contributed by atoms with Crippen molar-refractivity contribution < 1.29 is 39.5 Å². The Balaban J connectivity index is 2.89. The van der Waals surface area contributed by atoms with Crippen LogP contribution < -0.4 is 0 Å². The van der Waals surface area contributed by atoms with E-state index in [9.17, 15) is 39.5 Å². The number of alkyl halides is 9. The van der Waals surface area contributed by atoms with Crippen LogP contribution in [0.1, 0.15) is 22.3 Å². The standard InChI is InChI=1S/C16H9F9/c1-8-5-9(7-10(6-8)14(17,18)19)13-11(15(20,21)22)3-2-4-12(13)16(23,24)25/h2-7H,1H3. The van der Waals surface area contributed by atoms with Gasteiger partial charge in [0.25, 0.3) is 0 Å². The summed E-state index contributed by atoms with van der Waals surface area (Å²) in [6.07, 6.45) is -15.2. The van der Waals surface area contributed by atoms with Gasteiger partial charge in [0.2, 0.25) is 0 Å². The zero-order chi connectivity index (χ0) is 19.2. The molecule has 0 aliphatic rings. The summed E-state index contributed by atoms with van der Waals surface area (Å²) in [5.41, 5.74) is -6.87. The lowest BCUT2D eigenvalue weighted by atomic mass is 9.91. The fourth-order valence-electron chi connectivity index (χ4n) is 2.43. The molecule has 0 saturated heterocycles. The molecule has 0 fully saturated rings. The van der Waals surface area contributed by atoms with Gasteiger partial charge in [-0.2, -0.15) is 39.5 Å². The molecular weight excluding hydrogens is 363 g/mol. The van der Waals surface area contributed by atoms with Crippen LogP contribution in [-0.4, -0.2) is 0 Å². The highest BCUT2D eigenvalue weighted by Crippen LogP contribution is 2.45. The van der Waals surface area contributed by atoms with Gasteiger partial charge in [0, 0.05) is 5.56 Å². The van der Waals surface area contributed by atoms with Crippen LogP contribution in [0.5, 0.6) is 0 Å². The van der Waals surface area contributed by atoms with Crippen molar-refractivity contribution in [3.63, 3.8) is 0 Å². The molecule has 0 bridgehead atoms. The highest BCUT2D eigenvalue weighted by atomic mass is 19.4. The molecule has 0 aliphatic heterocycles. The van der Waals surface area contributed by atoms with Gasteiger partial charge in [0.15, 0.2) is 0 Å². The molecule has 0 saturated carbocycles. The molecule has 0 spiro atoms. The first kappa shape index (κ1) is 19.1. The fourth-order valence-corrected chi connectivity index (χ4v) is 2.43.